The molecule has 0 saturated carbocycles. The van der Waals surface area contributed by atoms with Gasteiger partial charge in [0.15, 0.2) is 5.78 Å². The number of carbonyl (C=O) groups excluding carboxylic acids is 2. The number of aromatic nitrogens is 2. The molecule has 80 valence electrons. The summed E-state index contributed by atoms with van der Waals surface area (Å²) in [7, 11) is 0. The summed E-state index contributed by atoms with van der Waals surface area (Å²) in [6, 6.07) is 0. The Morgan fingerprint density at radius 1 is 1.40 bits per heavy atom. The Labute approximate surface area is 88.7 Å². The molecule has 4 heteroatoms. The molecule has 0 aliphatic rings. The summed E-state index contributed by atoms with van der Waals surface area (Å²) >= 11 is 0. The van der Waals surface area contributed by atoms with Gasteiger partial charge in [-0.05, 0) is 20.3 Å². The van der Waals surface area contributed by atoms with Crippen molar-refractivity contribution in [3.05, 3.63) is 23.3 Å². The van der Waals surface area contributed by atoms with Gasteiger partial charge in [-0.25, -0.2) is 9.97 Å². The molecule has 4 nitrogen and oxygen atoms in total. The van der Waals surface area contributed by atoms with Gasteiger partial charge in [0, 0.05) is 6.20 Å². The molecule has 0 spiro atoms. The topological polar surface area (TPSA) is 59.9 Å². The number of aryl methyl sites for hydroxylation is 2. The number of Topliss-reactive ketones (excluding diaryl/α,β-unsaturated/α-hetero) is 2. The molecular weight excluding hydrogens is 192 g/mol. The summed E-state index contributed by atoms with van der Waals surface area (Å²) in [6.07, 6.45) is 2.11. The molecule has 15 heavy (non-hydrogen) atoms. The number of rotatable bonds is 4. The lowest BCUT2D eigenvalue weighted by molar-refractivity contribution is -0.116. The van der Waals surface area contributed by atoms with Crippen molar-refractivity contribution in [2.45, 2.75) is 33.6 Å². The van der Waals surface area contributed by atoms with Crippen LogP contribution in [-0.2, 0) is 11.2 Å². The third-order valence-electron chi connectivity index (χ3n) is 2.03. The van der Waals surface area contributed by atoms with Gasteiger partial charge in [0.25, 0.3) is 0 Å². The fourth-order valence-electron chi connectivity index (χ4n) is 1.34. The maximum Gasteiger partial charge on any atom is 0.173 e. The summed E-state index contributed by atoms with van der Waals surface area (Å²) in [4.78, 5) is 30.6. The van der Waals surface area contributed by atoms with Crippen molar-refractivity contribution in [3.63, 3.8) is 0 Å². The van der Waals surface area contributed by atoms with Crippen molar-refractivity contribution in [1.82, 2.24) is 9.97 Å². The second-order valence-corrected chi connectivity index (χ2v) is 3.43. The second kappa shape index (κ2) is 4.77. The molecule has 0 aliphatic heterocycles. The van der Waals surface area contributed by atoms with Crippen LogP contribution in [0.1, 0.15) is 42.1 Å². The van der Waals surface area contributed by atoms with Crippen LogP contribution in [0.3, 0.4) is 0 Å². The number of hydrogen-bond acceptors (Lipinski definition) is 4. The maximum absolute atomic E-state index is 11.6. The second-order valence-electron chi connectivity index (χ2n) is 3.43. The highest BCUT2D eigenvalue weighted by atomic mass is 16.1. The number of hydrogen-bond donors (Lipinski definition) is 0. The smallest absolute Gasteiger partial charge is 0.173 e. The largest absolute Gasteiger partial charge is 0.300 e. The average Bonchev–Trinajstić information content (AvgIpc) is 2.16. The Hall–Kier alpha value is -1.58. The minimum absolute atomic E-state index is 0.0700. The molecule has 0 radical (unpaired) electrons. The molecule has 0 saturated heterocycles. The molecule has 0 bridgehead atoms. The van der Waals surface area contributed by atoms with Crippen LogP contribution in [0.2, 0.25) is 0 Å². The first kappa shape index (κ1) is 11.5. The van der Waals surface area contributed by atoms with E-state index in [0.29, 0.717) is 23.5 Å². The van der Waals surface area contributed by atoms with Crippen molar-refractivity contribution in [3.8, 4) is 0 Å². The molecule has 0 unspecified atom stereocenters. The van der Waals surface area contributed by atoms with Gasteiger partial charge in [-0.2, -0.15) is 0 Å². The van der Waals surface area contributed by atoms with Gasteiger partial charge in [-0.3, -0.25) is 9.59 Å². The highest BCUT2D eigenvalue weighted by Gasteiger charge is 2.14. The van der Waals surface area contributed by atoms with E-state index in [2.05, 4.69) is 9.97 Å². The van der Waals surface area contributed by atoms with Gasteiger partial charge in [0.2, 0.25) is 0 Å². The monoisotopic (exact) mass is 206 g/mol. The van der Waals surface area contributed by atoms with E-state index in [1.165, 1.54) is 13.1 Å². The van der Waals surface area contributed by atoms with E-state index < -0.39 is 0 Å². The maximum atomic E-state index is 11.6. The standard InChI is InChI=1S/C11H14N2O2/c1-4-10-9(6-12-8(3)13-10)11(15)5-7(2)14/h6H,4-5H2,1-3H3. The third-order valence-corrected chi connectivity index (χ3v) is 2.03. The Kier molecular flexibility index (Phi) is 3.66. The molecule has 1 aromatic rings. The van der Waals surface area contributed by atoms with Crippen LogP contribution in [0, 0.1) is 6.92 Å². The minimum atomic E-state index is -0.195. The van der Waals surface area contributed by atoms with Gasteiger partial charge in [-0.1, -0.05) is 6.92 Å². The van der Waals surface area contributed by atoms with Crippen molar-refractivity contribution < 1.29 is 9.59 Å². The average molecular weight is 206 g/mol. The zero-order chi connectivity index (χ0) is 11.4. The Morgan fingerprint density at radius 2 is 2.07 bits per heavy atom. The zero-order valence-corrected chi connectivity index (χ0v) is 9.20. The molecule has 0 aliphatic carbocycles. The number of nitrogens with zero attached hydrogens (tertiary/aromatic N) is 2. The van der Waals surface area contributed by atoms with Crippen LogP contribution in [0.15, 0.2) is 6.20 Å². The first-order valence-corrected chi connectivity index (χ1v) is 4.89. The van der Waals surface area contributed by atoms with E-state index in [4.69, 9.17) is 0 Å². The quantitative estimate of drug-likeness (QED) is 0.553. The van der Waals surface area contributed by atoms with Crippen LogP contribution >= 0.6 is 0 Å². The molecule has 1 aromatic heterocycles. The highest BCUT2D eigenvalue weighted by Crippen LogP contribution is 2.09. The highest BCUT2D eigenvalue weighted by molar-refractivity contribution is 6.07. The lowest BCUT2D eigenvalue weighted by atomic mass is 10.1. The lowest BCUT2D eigenvalue weighted by Gasteiger charge is -2.04. The van der Waals surface area contributed by atoms with E-state index in [-0.39, 0.29) is 18.0 Å². The Morgan fingerprint density at radius 3 is 2.60 bits per heavy atom. The van der Waals surface area contributed by atoms with E-state index in [9.17, 15) is 9.59 Å². The molecule has 0 amide bonds. The normalized spacial score (nSPS) is 10.1. The van der Waals surface area contributed by atoms with Crippen LogP contribution in [-0.4, -0.2) is 21.5 Å². The summed E-state index contributed by atoms with van der Waals surface area (Å²) in [5, 5.41) is 0. The van der Waals surface area contributed by atoms with Crippen molar-refractivity contribution in [2.24, 2.45) is 0 Å². The molecular formula is C11H14N2O2. The van der Waals surface area contributed by atoms with E-state index in [1.54, 1.807) is 6.92 Å². The van der Waals surface area contributed by atoms with Gasteiger partial charge >= 0.3 is 0 Å². The van der Waals surface area contributed by atoms with Gasteiger partial charge in [-0.15, -0.1) is 0 Å². The number of carbonyl (C=O) groups is 2. The first-order chi connectivity index (χ1) is 7.04. The van der Waals surface area contributed by atoms with Crippen LogP contribution in [0.25, 0.3) is 0 Å². The summed E-state index contributed by atoms with van der Waals surface area (Å²) in [5.41, 5.74) is 1.19. The SMILES string of the molecule is CCc1nc(C)ncc1C(=O)CC(C)=O. The fraction of sp³-hybridized carbons (Fsp3) is 0.455. The lowest BCUT2D eigenvalue weighted by Crippen LogP contribution is -2.10. The summed E-state index contributed by atoms with van der Waals surface area (Å²) in [6.45, 7) is 5.10. The van der Waals surface area contributed by atoms with Crippen LogP contribution in [0.4, 0.5) is 0 Å². The first-order valence-electron chi connectivity index (χ1n) is 4.89. The number of ketones is 2. The van der Waals surface area contributed by atoms with Crippen LogP contribution in [0.5, 0.6) is 0 Å². The predicted octanol–water partition coefficient (Wildman–Crippen LogP) is 1.51. The van der Waals surface area contributed by atoms with Gasteiger partial charge in [0.05, 0.1) is 17.7 Å². The molecule has 0 atom stereocenters. The summed E-state index contributed by atoms with van der Waals surface area (Å²) < 4.78 is 0. The predicted molar refractivity (Wildman–Crippen MR) is 55.8 cm³/mol. The Balaban J connectivity index is 3.02. The van der Waals surface area contributed by atoms with E-state index in [1.807, 2.05) is 6.92 Å². The summed E-state index contributed by atoms with van der Waals surface area (Å²) in [5.74, 6) is 0.313. The molecule has 0 fully saturated rings. The van der Waals surface area contributed by atoms with Crippen molar-refractivity contribution in [1.29, 1.82) is 0 Å². The van der Waals surface area contributed by atoms with Crippen LogP contribution < -0.4 is 0 Å². The molecule has 1 rings (SSSR count). The Bertz CT molecular complexity index is 400. The molecule has 0 N–H and O–H groups in total. The van der Waals surface area contributed by atoms with E-state index >= 15 is 0 Å². The fourth-order valence-corrected chi connectivity index (χ4v) is 1.34. The van der Waals surface area contributed by atoms with Crippen molar-refractivity contribution >= 4 is 11.6 Å². The zero-order valence-electron chi connectivity index (χ0n) is 9.20. The van der Waals surface area contributed by atoms with Gasteiger partial charge < -0.3 is 0 Å². The molecule has 1 heterocycles. The molecule has 0 aromatic carbocycles. The van der Waals surface area contributed by atoms with E-state index in [0.717, 1.165) is 0 Å². The van der Waals surface area contributed by atoms with Crippen molar-refractivity contribution in [2.75, 3.05) is 0 Å². The minimum Gasteiger partial charge on any atom is -0.300 e. The van der Waals surface area contributed by atoms with Gasteiger partial charge in [0.1, 0.15) is 11.6 Å². The third kappa shape index (κ3) is 2.94.